The molecule has 0 saturated carbocycles. The van der Waals surface area contributed by atoms with E-state index in [1.165, 1.54) is 0 Å². The number of halogens is 2. The van der Waals surface area contributed by atoms with Crippen molar-refractivity contribution in [3.8, 4) is 0 Å². The second kappa shape index (κ2) is 2.84. The summed E-state index contributed by atoms with van der Waals surface area (Å²) in [5.74, 6) is 0. The van der Waals surface area contributed by atoms with Gasteiger partial charge in [0.1, 0.15) is 3.70 Å². The largest absolute Gasteiger partial charge is 0.395 e. The summed E-state index contributed by atoms with van der Waals surface area (Å²) in [5, 5.41) is 4.12. The second-order valence-corrected chi connectivity index (χ2v) is 4.18. The van der Waals surface area contributed by atoms with Gasteiger partial charge in [0.05, 0.1) is 22.6 Å². The maximum absolute atomic E-state index is 5.76. The molecular formula is C6H4BrIN4. The first-order valence-corrected chi connectivity index (χ1v) is 5.00. The lowest BCUT2D eigenvalue weighted by Crippen LogP contribution is -1.98. The van der Waals surface area contributed by atoms with Crippen molar-refractivity contribution in [3.05, 3.63) is 20.6 Å². The quantitative estimate of drug-likeness (QED) is 0.743. The van der Waals surface area contributed by atoms with Gasteiger partial charge in [0.15, 0.2) is 5.65 Å². The Hall–Kier alpha value is -0.370. The molecule has 2 heterocycles. The van der Waals surface area contributed by atoms with Crippen LogP contribution >= 0.6 is 38.5 Å². The van der Waals surface area contributed by atoms with Crippen LogP contribution in [0, 0.1) is 3.70 Å². The van der Waals surface area contributed by atoms with Crippen molar-refractivity contribution in [2.24, 2.45) is 0 Å². The standard InChI is InChI=1S/C6H4BrIN4/c7-3-1-11-12-4(8)2-10-6(12)5(3)9/h1-2H,9H2. The van der Waals surface area contributed by atoms with Crippen LogP contribution in [-0.4, -0.2) is 14.6 Å². The van der Waals surface area contributed by atoms with Crippen molar-refractivity contribution in [1.29, 1.82) is 0 Å². The summed E-state index contributed by atoms with van der Waals surface area (Å²) in [7, 11) is 0. The Balaban J connectivity index is 2.93. The molecule has 0 saturated heterocycles. The molecule has 6 heteroatoms. The third-order valence-electron chi connectivity index (χ3n) is 1.48. The normalized spacial score (nSPS) is 10.8. The molecule has 0 unspecified atom stereocenters. The van der Waals surface area contributed by atoms with Gasteiger partial charge in [-0.15, -0.1) is 0 Å². The van der Waals surface area contributed by atoms with Gasteiger partial charge in [-0.2, -0.15) is 5.10 Å². The third kappa shape index (κ3) is 1.09. The van der Waals surface area contributed by atoms with Crippen molar-refractivity contribution < 1.29 is 0 Å². The van der Waals surface area contributed by atoms with E-state index in [0.717, 1.165) is 8.17 Å². The van der Waals surface area contributed by atoms with Gasteiger partial charge in [-0.1, -0.05) is 0 Å². The Kier molecular flexibility index (Phi) is 1.95. The first-order valence-electron chi connectivity index (χ1n) is 3.13. The highest BCUT2D eigenvalue weighted by Gasteiger charge is 2.06. The molecule has 0 aliphatic carbocycles. The van der Waals surface area contributed by atoms with Gasteiger partial charge in [-0.05, 0) is 38.5 Å². The molecule has 4 nitrogen and oxygen atoms in total. The SMILES string of the molecule is Nc1c(Br)cnn2c(I)cnc12. The lowest BCUT2D eigenvalue weighted by molar-refractivity contribution is 0.911. The summed E-state index contributed by atoms with van der Waals surface area (Å²) in [6.45, 7) is 0. The summed E-state index contributed by atoms with van der Waals surface area (Å²) in [6, 6.07) is 0. The molecule has 2 rings (SSSR count). The molecule has 0 amide bonds. The molecule has 62 valence electrons. The number of nitrogens with two attached hydrogens (primary N) is 1. The molecule has 0 aliphatic heterocycles. The second-order valence-electron chi connectivity index (χ2n) is 2.22. The maximum atomic E-state index is 5.76. The number of rotatable bonds is 0. The summed E-state index contributed by atoms with van der Waals surface area (Å²) < 4.78 is 3.42. The van der Waals surface area contributed by atoms with Gasteiger partial charge in [0.25, 0.3) is 0 Å². The van der Waals surface area contributed by atoms with Crippen LogP contribution in [0.3, 0.4) is 0 Å². The lowest BCUT2D eigenvalue weighted by Gasteiger charge is -1.98. The highest BCUT2D eigenvalue weighted by molar-refractivity contribution is 14.1. The Morgan fingerprint density at radius 2 is 2.25 bits per heavy atom. The minimum atomic E-state index is 0.618. The average molecular weight is 339 g/mol. The highest BCUT2D eigenvalue weighted by atomic mass is 127. The molecular weight excluding hydrogens is 335 g/mol. The molecule has 2 aromatic heterocycles. The lowest BCUT2D eigenvalue weighted by atomic mass is 10.5. The van der Waals surface area contributed by atoms with E-state index in [-0.39, 0.29) is 0 Å². The van der Waals surface area contributed by atoms with E-state index in [9.17, 15) is 0 Å². The van der Waals surface area contributed by atoms with Crippen molar-refractivity contribution in [1.82, 2.24) is 14.6 Å². The molecule has 2 aromatic rings. The smallest absolute Gasteiger partial charge is 0.179 e. The van der Waals surface area contributed by atoms with Crippen LogP contribution in [0.4, 0.5) is 5.69 Å². The molecule has 0 aliphatic rings. The number of imidazole rings is 1. The fraction of sp³-hybridized carbons (Fsp3) is 0. The predicted octanol–water partition coefficient (Wildman–Crippen LogP) is 1.68. The van der Waals surface area contributed by atoms with Gasteiger partial charge in [-0.3, -0.25) is 0 Å². The number of fused-ring (bicyclic) bond motifs is 1. The van der Waals surface area contributed by atoms with E-state index >= 15 is 0 Å². The van der Waals surface area contributed by atoms with Crippen LogP contribution in [0.5, 0.6) is 0 Å². The van der Waals surface area contributed by atoms with E-state index < -0.39 is 0 Å². The fourth-order valence-corrected chi connectivity index (χ4v) is 1.66. The van der Waals surface area contributed by atoms with Gasteiger partial charge in [0, 0.05) is 0 Å². The minimum absolute atomic E-state index is 0.618. The maximum Gasteiger partial charge on any atom is 0.179 e. The first-order chi connectivity index (χ1) is 5.70. The van der Waals surface area contributed by atoms with E-state index in [2.05, 4.69) is 48.6 Å². The van der Waals surface area contributed by atoms with Crippen LogP contribution in [0.2, 0.25) is 0 Å². The Bertz CT molecular complexity index is 438. The van der Waals surface area contributed by atoms with Crippen molar-refractivity contribution >= 4 is 49.9 Å². The van der Waals surface area contributed by atoms with Gasteiger partial charge in [0.2, 0.25) is 0 Å². The fourth-order valence-electron chi connectivity index (χ4n) is 0.903. The summed E-state index contributed by atoms with van der Waals surface area (Å²) >= 11 is 5.43. The number of hydrogen-bond donors (Lipinski definition) is 1. The van der Waals surface area contributed by atoms with Crippen LogP contribution in [0.15, 0.2) is 16.9 Å². The number of anilines is 1. The van der Waals surface area contributed by atoms with Gasteiger partial charge >= 0.3 is 0 Å². The predicted molar refractivity (Wildman–Crippen MR) is 57.8 cm³/mol. The molecule has 0 fully saturated rings. The van der Waals surface area contributed by atoms with E-state index in [4.69, 9.17) is 5.73 Å². The number of nitrogen functional groups attached to an aromatic ring is 1. The number of hydrogen-bond acceptors (Lipinski definition) is 3. The first kappa shape index (κ1) is 8.24. The Labute approximate surface area is 90.4 Å². The zero-order valence-electron chi connectivity index (χ0n) is 5.83. The molecule has 0 bridgehead atoms. The summed E-state index contributed by atoms with van der Waals surface area (Å²) in [5.41, 5.74) is 7.07. The molecule has 0 radical (unpaired) electrons. The topological polar surface area (TPSA) is 56.2 Å². The molecule has 12 heavy (non-hydrogen) atoms. The van der Waals surface area contributed by atoms with Gasteiger partial charge in [-0.25, -0.2) is 9.50 Å². The Morgan fingerprint density at radius 1 is 1.50 bits per heavy atom. The van der Waals surface area contributed by atoms with Crippen LogP contribution in [0.1, 0.15) is 0 Å². The molecule has 0 atom stereocenters. The van der Waals surface area contributed by atoms with Crippen LogP contribution in [0.25, 0.3) is 5.65 Å². The Morgan fingerprint density at radius 3 is 3.00 bits per heavy atom. The average Bonchev–Trinajstić information content (AvgIpc) is 2.41. The van der Waals surface area contributed by atoms with Crippen molar-refractivity contribution in [2.45, 2.75) is 0 Å². The summed E-state index contributed by atoms with van der Waals surface area (Å²) in [6.07, 6.45) is 3.39. The van der Waals surface area contributed by atoms with E-state index in [0.29, 0.717) is 11.3 Å². The van der Waals surface area contributed by atoms with Crippen molar-refractivity contribution in [3.63, 3.8) is 0 Å². The minimum Gasteiger partial charge on any atom is -0.395 e. The van der Waals surface area contributed by atoms with Crippen LogP contribution in [-0.2, 0) is 0 Å². The monoisotopic (exact) mass is 338 g/mol. The number of aromatic nitrogens is 3. The van der Waals surface area contributed by atoms with Crippen molar-refractivity contribution in [2.75, 3.05) is 5.73 Å². The molecule has 0 spiro atoms. The zero-order valence-corrected chi connectivity index (χ0v) is 9.57. The van der Waals surface area contributed by atoms with E-state index in [1.54, 1.807) is 16.9 Å². The van der Waals surface area contributed by atoms with Gasteiger partial charge < -0.3 is 5.73 Å². The van der Waals surface area contributed by atoms with Crippen LogP contribution < -0.4 is 5.73 Å². The summed E-state index contributed by atoms with van der Waals surface area (Å²) in [4.78, 5) is 4.12. The third-order valence-corrected chi connectivity index (χ3v) is 2.85. The molecule has 0 aromatic carbocycles. The number of nitrogens with zero attached hydrogens (tertiary/aromatic N) is 3. The van der Waals surface area contributed by atoms with E-state index in [1.807, 2.05) is 0 Å². The molecule has 2 N–H and O–H groups in total. The highest BCUT2D eigenvalue weighted by Crippen LogP contribution is 2.22. The zero-order chi connectivity index (χ0) is 8.72.